The lowest BCUT2D eigenvalue weighted by Gasteiger charge is -2.26. The van der Waals surface area contributed by atoms with E-state index in [9.17, 15) is 10.1 Å². The minimum absolute atomic E-state index is 0.00318. The monoisotopic (exact) mass is 256 g/mol. The minimum Gasteiger partial charge on any atom is -0.344 e. The van der Waals surface area contributed by atoms with Gasteiger partial charge in [0.25, 0.3) is 0 Å². The molecule has 0 radical (unpaired) electrons. The van der Waals surface area contributed by atoms with Crippen molar-refractivity contribution < 1.29 is 4.79 Å². The van der Waals surface area contributed by atoms with Gasteiger partial charge in [-0.15, -0.1) is 0 Å². The molecule has 3 heteroatoms. The van der Waals surface area contributed by atoms with Crippen LogP contribution in [0, 0.1) is 16.7 Å². The molecule has 0 saturated heterocycles. The number of carbonyl (C=O) groups is 1. The number of nitrogens with zero attached hydrogens (tertiary/aromatic N) is 2. The van der Waals surface area contributed by atoms with E-state index in [2.05, 4.69) is 18.2 Å². The van der Waals surface area contributed by atoms with Crippen LogP contribution >= 0.6 is 0 Å². The predicted molar refractivity (Wildman–Crippen MR) is 74.3 cm³/mol. The van der Waals surface area contributed by atoms with Gasteiger partial charge in [0.2, 0.25) is 5.91 Å². The first-order chi connectivity index (χ1) is 9.18. The topological polar surface area (TPSA) is 44.1 Å². The molecule has 3 nitrogen and oxygen atoms in total. The molecular weight excluding hydrogens is 236 g/mol. The fraction of sp³-hybridized carbons (Fsp3) is 0.500. The Morgan fingerprint density at radius 1 is 1.32 bits per heavy atom. The van der Waals surface area contributed by atoms with Gasteiger partial charge < -0.3 is 4.90 Å². The van der Waals surface area contributed by atoms with Crippen LogP contribution in [-0.2, 0) is 11.2 Å². The van der Waals surface area contributed by atoms with Crippen molar-refractivity contribution in [1.29, 1.82) is 5.26 Å². The van der Waals surface area contributed by atoms with Gasteiger partial charge in [-0.1, -0.05) is 43.2 Å². The van der Waals surface area contributed by atoms with Crippen LogP contribution in [0.2, 0.25) is 0 Å². The van der Waals surface area contributed by atoms with Crippen molar-refractivity contribution in [2.45, 2.75) is 32.1 Å². The Hall–Kier alpha value is -1.82. The Morgan fingerprint density at radius 3 is 2.53 bits per heavy atom. The standard InChI is InChI=1S/C16H20N2O/c1-18(12-9-14-7-3-2-4-8-14)15(19)16(13-17)10-5-6-11-16/h2-4,7-8H,5-6,9-12H2,1H3. The lowest BCUT2D eigenvalue weighted by Crippen LogP contribution is -2.40. The molecule has 0 aliphatic heterocycles. The van der Waals surface area contributed by atoms with E-state index in [1.54, 1.807) is 4.90 Å². The van der Waals surface area contributed by atoms with E-state index in [1.807, 2.05) is 25.2 Å². The van der Waals surface area contributed by atoms with E-state index in [0.29, 0.717) is 6.54 Å². The van der Waals surface area contributed by atoms with E-state index in [4.69, 9.17) is 0 Å². The van der Waals surface area contributed by atoms with Gasteiger partial charge in [0, 0.05) is 13.6 Å². The summed E-state index contributed by atoms with van der Waals surface area (Å²) in [5, 5.41) is 9.32. The molecule has 0 unspecified atom stereocenters. The van der Waals surface area contributed by atoms with Gasteiger partial charge in [-0.2, -0.15) is 5.26 Å². The third-order valence-corrected chi connectivity index (χ3v) is 4.01. The summed E-state index contributed by atoms with van der Waals surface area (Å²) in [6.07, 6.45) is 4.26. The van der Waals surface area contributed by atoms with Crippen molar-refractivity contribution in [2.75, 3.05) is 13.6 Å². The molecule has 0 bridgehead atoms. The number of likely N-dealkylation sites (N-methyl/N-ethyl adjacent to an activating group) is 1. The van der Waals surface area contributed by atoms with Gasteiger partial charge in [0.15, 0.2) is 0 Å². The molecule has 19 heavy (non-hydrogen) atoms. The van der Waals surface area contributed by atoms with E-state index >= 15 is 0 Å². The summed E-state index contributed by atoms with van der Waals surface area (Å²) in [5.41, 5.74) is 0.477. The number of amides is 1. The maximum Gasteiger partial charge on any atom is 0.242 e. The molecular formula is C16H20N2O. The van der Waals surface area contributed by atoms with E-state index in [-0.39, 0.29) is 5.91 Å². The van der Waals surface area contributed by atoms with E-state index < -0.39 is 5.41 Å². The Labute approximate surface area is 114 Å². The summed E-state index contributed by atoms with van der Waals surface area (Å²) in [7, 11) is 1.81. The largest absolute Gasteiger partial charge is 0.344 e. The summed E-state index contributed by atoms with van der Waals surface area (Å²) in [5.74, 6) is 0.00318. The van der Waals surface area contributed by atoms with E-state index in [0.717, 1.165) is 32.1 Å². The zero-order valence-corrected chi connectivity index (χ0v) is 11.4. The van der Waals surface area contributed by atoms with Crippen LogP contribution in [0.1, 0.15) is 31.2 Å². The number of nitriles is 1. The Kier molecular flexibility index (Phi) is 4.21. The zero-order chi connectivity index (χ0) is 13.7. The SMILES string of the molecule is CN(CCc1ccccc1)C(=O)C1(C#N)CCCC1. The lowest BCUT2D eigenvalue weighted by molar-refractivity contribution is -0.137. The molecule has 0 N–H and O–H groups in total. The van der Waals surface area contributed by atoms with Gasteiger partial charge in [-0.25, -0.2) is 0 Å². The van der Waals surface area contributed by atoms with Gasteiger partial charge in [-0.05, 0) is 24.8 Å². The molecule has 1 aromatic rings. The van der Waals surface area contributed by atoms with Crippen LogP contribution < -0.4 is 0 Å². The van der Waals surface area contributed by atoms with Crippen LogP contribution in [0.25, 0.3) is 0 Å². The average Bonchev–Trinajstić information content (AvgIpc) is 2.95. The molecule has 1 aliphatic carbocycles. The molecule has 100 valence electrons. The first-order valence-electron chi connectivity index (χ1n) is 6.89. The molecule has 0 atom stereocenters. The van der Waals surface area contributed by atoms with Crippen LogP contribution in [0.3, 0.4) is 0 Å². The molecule has 1 amide bonds. The lowest BCUT2D eigenvalue weighted by atomic mass is 9.86. The quantitative estimate of drug-likeness (QED) is 0.831. The molecule has 0 spiro atoms. The summed E-state index contributed by atoms with van der Waals surface area (Å²) < 4.78 is 0. The van der Waals surface area contributed by atoms with Gasteiger partial charge in [0.05, 0.1) is 6.07 Å². The molecule has 0 aromatic heterocycles. The van der Waals surface area contributed by atoms with Crippen molar-refractivity contribution in [2.24, 2.45) is 5.41 Å². The third-order valence-electron chi connectivity index (χ3n) is 4.01. The molecule has 0 heterocycles. The highest BCUT2D eigenvalue weighted by atomic mass is 16.2. The zero-order valence-electron chi connectivity index (χ0n) is 11.4. The highest BCUT2D eigenvalue weighted by Crippen LogP contribution is 2.38. The summed E-state index contributed by atoms with van der Waals surface area (Å²) in [4.78, 5) is 14.1. The average molecular weight is 256 g/mol. The fourth-order valence-corrected chi connectivity index (χ4v) is 2.76. The highest BCUT2D eigenvalue weighted by molar-refractivity contribution is 5.85. The molecule has 1 saturated carbocycles. The minimum atomic E-state index is -0.745. The first-order valence-corrected chi connectivity index (χ1v) is 6.89. The molecule has 2 rings (SSSR count). The number of benzene rings is 1. The Balaban J connectivity index is 1.94. The summed E-state index contributed by atoms with van der Waals surface area (Å²) in [6.45, 7) is 0.673. The van der Waals surface area contributed by atoms with Crippen LogP contribution in [0.5, 0.6) is 0 Å². The normalized spacial score (nSPS) is 16.8. The van der Waals surface area contributed by atoms with Crippen LogP contribution in [-0.4, -0.2) is 24.4 Å². The molecule has 1 aliphatic rings. The molecule has 1 fully saturated rings. The van der Waals surface area contributed by atoms with Crippen molar-refractivity contribution in [3.63, 3.8) is 0 Å². The van der Waals surface area contributed by atoms with E-state index in [1.165, 1.54) is 5.56 Å². The summed E-state index contributed by atoms with van der Waals surface area (Å²) >= 11 is 0. The van der Waals surface area contributed by atoms with Crippen LogP contribution in [0.4, 0.5) is 0 Å². The van der Waals surface area contributed by atoms with Crippen molar-refractivity contribution in [3.8, 4) is 6.07 Å². The highest BCUT2D eigenvalue weighted by Gasteiger charge is 2.42. The second kappa shape index (κ2) is 5.88. The smallest absolute Gasteiger partial charge is 0.242 e. The van der Waals surface area contributed by atoms with Gasteiger partial charge in [-0.3, -0.25) is 4.79 Å². The Morgan fingerprint density at radius 2 is 1.95 bits per heavy atom. The van der Waals surface area contributed by atoms with Crippen molar-refractivity contribution in [3.05, 3.63) is 35.9 Å². The van der Waals surface area contributed by atoms with Crippen LogP contribution in [0.15, 0.2) is 30.3 Å². The van der Waals surface area contributed by atoms with Crippen molar-refractivity contribution in [1.82, 2.24) is 4.90 Å². The molecule has 1 aromatic carbocycles. The maximum absolute atomic E-state index is 12.4. The predicted octanol–water partition coefficient (Wildman–Crippen LogP) is 2.77. The summed E-state index contributed by atoms with van der Waals surface area (Å²) in [6, 6.07) is 12.4. The fourth-order valence-electron chi connectivity index (χ4n) is 2.76. The van der Waals surface area contributed by atoms with Gasteiger partial charge >= 0.3 is 0 Å². The number of hydrogen-bond acceptors (Lipinski definition) is 2. The Bertz CT molecular complexity index is 469. The number of rotatable bonds is 4. The number of carbonyl (C=O) groups excluding carboxylic acids is 1. The second-order valence-electron chi connectivity index (χ2n) is 5.36. The van der Waals surface area contributed by atoms with Gasteiger partial charge in [0.1, 0.15) is 5.41 Å². The first kappa shape index (κ1) is 13.6. The second-order valence-corrected chi connectivity index (χ2v) is 5.36. The van der Waals surface area contributed by atoms with Crippen molar-refractivity contribution >= 4 is 5.91 Å². The third kappa shape index (κ3) is 2.96. The number of hydrogen-bond donors (Lipinski definition) is 0. The maximum atomic E-state index is 12.4.